The van der Waals surface area contributed by atoms with E-state index < -0.39 is 5.97 Å². The van der Waals surface area contributed by atoms with Crippen LogP contribution >= 0.6 is 11.3 Å². The van der Waals surface area contributed by atoms with Crippen LogP contribution in [0, 0.1) is 5.41 Å². The number of carbonyl (C=O) groups is 3. The van der Waals surface area contributed by atoms with Crippen molar-refractivity contribution < 1.29 is 19.5 Å². The van der Waals surface area contributed by atoms with Gasteiger partial charge in [0.2, 0.25) is 11.8 Å². The zero-order valence-corrected chi connectivity index (χ0v) is 12.4. The minimum atomic E-state index is -1.10. The number of carboxylic acids is 1. The molecule has 6 heteroatoms. The van der Waals surface area contributed by atoms with E-state index in [1.54, 1.807) is 11.4 Å². The van der Waals surface area contributed by atoms with Crippen LogP contribution in [0.4, 0.5) is 5.69 Å². The number of carboxylic acid groups (broad SMARTS) is 1. The number of imide groups is 1. The fraction of sp³-hybridized carbons (Fsp3) is 0.533. The number of aromatic carboxylic acids is 1. The molecule has 0 radical (unpaired) electrons. The second-order valence-electron chi connectivity index (χ2n) is 5.98. The van der Waals surface area contributed by atoms with E-state index in [2.05, 4.69) is 0 Å². The molecule has 0 unspecified atom stereocenters. The number of thiophene rings is 1. The van der Waals surface area contributed by atoms with Crippen molar-refractivity contribution in [3.8, 4) is 0 Å². The molecule has 1 aromatic heterocycles. The molecule has 1 N–H and O–H groups in total. The Morgan fingerprint density at radius 1 is 1.14 bits per heavy atom. The Hall–Kier alpha value is -1.69. The highest BCUT2D eigenvalue weighted by Crippen LogP contribution is 2.46. The predicted octanol–water partition coefficient (Wildman–Crippen LogP) is 3.05. The summed E-state index contributed by atoms with van der Waals surface area (Å²) in [7, 11) is 0. The molecule has 5 nitrogen and oxygen atoms in total. The van der Waals surface area contributed by atoms with Gasteiger partial charge in [0.15, 0.2) is 0 Å². The Balaban J connectivity index is 1.89. The number of piperidine rings is 1. The van der Waals surface area contributed by atoms with Crippen LogP contribution in [0.15, 0.2) is 11.4 Å². The van der Waals surface area contributed by atoms with E-state index in [1.807, 2.05) is 0 Å². The Morgan fingerprint density at radius 2 is 1.76 bits per heavy atom. The van der Waals surface area contributed by atoms with E-state index in [-0.39, 0.29) is 27.8 Å². The van der Waals surface area contributed by atoms with Crippen LogP contribution in [-0.4, -0.2) is 22.9 Å². The number of amides is 2. The number of hydrogen-bond donors (Lipinski definition) is 1. The van der Waals surface area contributed by atoms with Gasteiger partial charge in [0.05, 0.1) is 5.69 Å². The second kappa shape index (κ2) is 5.26. The second-order valence-corrected chi connectivity index (χ2v) is 6.89. The number of anilines is 1. The van der Waals surface area contributed by atoms with E-state index in [1.165, 1.54) is 6.42 Å². The molecule has 0 bridgehead atoms. The highest BCUT2D eigenvalue weighted by atomic mass is 32.1. The van der Waals surface area contributed by atoms with Gasteiger partial charge in [0, 0.05) is 12.8 Å². The van der Waals surface area contributed by atoms with Crippen molar-refractivity contribution in [2.75, 3.05) is 4.90 Å². The summed E-state index contributed by atoms with van der Waals surface area (Å²) in [6.45, 7) is 0. The fourth-order valence-corrected chi connectivity index (χ4v) is 4.28. The van der Waals surface area contributed by atoms with E-state index in [9.17, 15) is 14.4 Å². The zero-order valence-electron chi connectivity index (χ0n) is 11.6. The monoisotopic (exact) mass is 307 g/mol. The minimum absolute atomic E-state index is 0.0521. The molecule has 0 aromatic carbocycles. The van der Waals surface area contributed by atoms with Crippen molar-refractivity contribution in [1.29, 1.82) is 0 Å². The van der Waals surface area contributed by atoms with Crippen LogP contribution in [-0.2, 0) is 9.59 Å². The summed E-state index contributed by atoms with van der Waals surface area (Å²) in [6, 6.07) is 1.54. The normalized spacial score (nSPS) is 21.8. The van der Waals surface area contributed by atoms with Crippen molar-refractivity contribution in [3.05, 3.63) is 16.3 Å². The van der Waals surface area contributed by atoms with Gasteiger partial charge >= 0.3 is 5.97 Å². The first-order valence-corrected chi connectivity index (χ1v) is 8.07. The Bertz CT molecular complexity index is 581. The van der Waals surface area contributed by atoms with E-state index >= 15 is 0 Å². The van der Waals surface area contributed by atoms with Gasteiger partial charge in [-0.3, -0.25) is 9.59 Å². The van der Waals surface area contributed by atoms with Gasteiger partial charge in [-0.15, -0.1) is 11.3 Å². The molecule has 21 heavy (non-hydrogen) atoms. The van der Waals surface area contributed by atoms with Crippen LogP contribution < -0.4 is 4.90 Å². The van der Waals surface area contributed by atoms with Crippen LogP contribution in [0.2, 0.25) is 0 Å². The van der Waals surface area contributed by atoms with Gasteiger partial charge in [0.25, 0.3) is 0 Å². The molecular weight excluding hydrogens is 290 g/mol. The lowest BCUT2D eigenvalue weighted by atomic mass is 9.67. The molecule has 2 fully saturated rings. The molecular formula is C15H17NO4S. The summed E-state index contributed by atoms with van der Waals surface area (Å²) < 4.78 is 0. The van der Waals surface area contributed by atoms with Crippen molar-refractivity contribution >= 4 is 34.8 Å². The summed E-state index contributed by atoms with van der Waals surface area (Å²) in [6.07, 6.45) is 5.86. The SMILES string of the molecule is O=C(O)c1sccc1N1C(=O)CC2(CCCCC2)CC1=O. The van der Waals surface area contributed by atoms with Gasteiger partial charge in [-0.1, -0.05) is 19.3 Å². The zero-order chi connectivity index (χ0) is 15.0. The van der Waals surface area contributed by atoms with E-state index in [4.69, 9.17) is 5.11 Å². The molecule has 2 aliphatic rings. The molecule has 3 rings (SSSR count). The van der Waals surface area contributed by atoms with Gasteiger partial charge in [-0.2, -0.15) is 0 Å². The summed E-state index contributed by atoms with van der Waals surface area (Å²) in [4.78, 5) is 37.3. The van der Waals surface area contributed by atoms with Crippen LogP contribution in [0.25, 0.3) is 0 Å². The van der Waals surface area contributed by atoms with E-state index in [0.29, 0.717) is 12.8 Å². The highest BCUT2D eigenvalue weighted by molar-refractivity contribution is 7.12. The van der Waals surface area contributed by atoms with Crippen molar-refractivity contribution in [3.63, 3.8) is 0 Å². The number of hydrogen-bond acceptors (Lipinski definition) is 4. The van der Waals surface area contributed by atoms with Crippen LogP contribution in [0.5, 0.6) is 0 Å². The smallest absolute Gasteiger partial charge is 0.348 e. The standard InChI is InChI=1S/C15H17NO4S/c17-11-8-15(5-2-1-3-6-15)9-12(18)16(11)10-4-7-21-13(10)14(19)20/h4,7H,1-3,5-6,8-9H2,(H,19,20). The van der Waals surface area contributed by atoms with Gasteiger partial charge in [0.1, 0.15) is 4.88 Å². The minimum Gasteiger partial charge on any atom is -0.477 e. The molecule has 2 amide bonds. The summed E-state index contributed by atoms with van der Waals surface area (Å²) in [5.74, 6) is -1.61. The number of rotatable bonds is 2. The van der Waals surface area contributed by atoms with Gasteiger partial charge in [-0.25, -0.2) is 9.69 Å². The number of carbonyl (C=O) groups excluding carboxylic acids is 2. The molecule has 0 atom stereocenters. The lowest BCUT2D eigenvalue weighted by molar-refractivity contribution is -0.134. The van der Waals surface area contributed by atoms with Crippen molar-refractivity contribution in [1.82, 2.24) is 0 Å². The highest BCUT2D eigenvalue weighted by Gasteiger charge is 2.45. The van der Waals surface area contributed by atoms with Crippen LogP contribution in [0.3, 0.4) is 0 Å². The maximum Gasteiger partial charge on any atom is 0.348 e. The van der Waals surface area contributed by atoms with E-state index in [0.717, 1.165) is 41.9 Å². The first kappa shape index (κ1) is 14.3. The average Bonchev–Trinajstić information content (AvgIpc) is 2.87. The van der Waals surface area contributed by atoms with Gasteiger partial charge in [-0.05, 0) is 29.7 Å². The topological polar surface area (TPSA) is 74.7 Å². The summed E-state index contributed by atoms with van der Waals surface area (Å²) >= 11 is 1.04. The Kier molecular flexibility index (Phi) is 3.57. The predicted molar refractivity (Wildman–Crippen MR) is 78.5 cm³/mol. The molecule has 2 heterocycles. The van der Waals surface area contributed by atoms with Crippen molar-refractivity contribution in [2.45, 2.75) is 44.9 Å². The quantitative estimate of drug-likeness (QED) is 0.852. The Labute approximate surface area is 126 Å². The first-order valence-electron chi connectivity index (χ1n) is 7.19. The van der Waals surface area contributed by atoms with Crippen molar-refractivity contribution in [2.24, 2.45) is 5.41 Å². The maximum atomic E-state index is 12.5. The lowest BCUT2D eigenvalue weighted by Gasteiger charge is -2.42. The average molecular weight is 307 g/mol. The molecule has 112 valence electrons. The molecule has 1 aliphatic heterocycles. The largest absolute Gasteiger partial charge is 0.477 e. The molecule has 1 saturated carbocycles. The molecule has 1 aliphatic carbocycles. The number of nitrogens with zero attached hydrogens (tertiary/aromatic N) is 1. The third kappa shape index (κ3) is 2.48. The van der Waals surface area contributed by atoms with Gasteiger partial charge < -0.3 is 5.11 Å². The third-order valence-corrected chi connectivity index (χ3v) is 5.44. The first-order chi connectivity index (χ1) is 10.0. The Morgan fingerprint density at radius 3 is 2.33 bits per heavy atom. The van der Waals surface area contributed by atoms with Crippen LogP contribution in [0.1, 0.15) is 54.6 Å². The third-order valence-electron chi connectivity index (χ3n) is 4.55. The summed E-state index contributed by atoms with van der Waals surface area (Å²) in [5, 5.41) is 10.8. The maximum absolute atomic E-state index is 12.5. The summed E-state index contributed by atoms with van der Waals surface area (Å²) in [5.41, 5.74) is 0.0515. The molecule has 1 aromatic rings. The lowest BCUT2D eigenvalue weighted by Crippen LogP contribution is -2.49. The fourth-order valence-electron chi connectivity index (χ4n) is 3.56. The molecule has 1 saturated heterocycles. The molecule has 1 spiro atoms.